The van der Waals surface area contributed by atoms with E-state index in [0.29, 0.717) is 17.8 Å². The van der Waals surface area contributed by atoms with Gasteiger partial charge >= 0.3 is 14.1 Å². The van der Waals surface area contributed by atoms with Gasteiger partial charge in [-0.3, -0.25) is 9.89 Å². The maximum absolute atomic E-state index is 14.8. The molecule has 1 saturated heterocycles. The summed E-state index contributed by atoms with van der Waals surface area (Å²) in [5.74, 6) is -0.438. The van der Waals surface area contributed by atoms with Crippen LogP contribution >= 0.6 is 0 Å². The third-order valence-corrected chi connectivity index (χ3v) is 4.58. The van der Waals surface area contributed by atoms with E-state index in [4.69, 9.17) is 12.8 Å². The molecule has 3 aromatic rings. The lowest BCUT2D eigenvalue weighted by Gasteiger charge is -2.14. The molecule has 2 radical (unpaired) electrons. The predicted octanol–water partition coefficient (Wildman–Crippen LogP) is 1.98. The van der Waals surface area contributed by atoms with Gasteiger partial charge in [-0.05, 0) is 39.8 Å². The molecule has 2 aromatic carbocycles. The number of rotatable bonds is 7. The van der Waals surface area contributed by atoms with E-state index in [1.165, 1.54) is 17.3 Å². The van der Waals surface area contributed by atoms with Gasteiger partial charge in [-0.25, -0.2) is 13.9 Å². The summed E-state index contributed by atoms with van der Waals surface area (Å²) in [5.41, 5.74) is 2.55. The summed E-state index contributed by atoms with van der Waals surface area (Å²) >= 11 is 0. The van der Waals surface area contributed by atoms with Crippen molar-refractivity contribution in [3.63, 3.8) is 0 Å². The summed E-state index contributed by atoms with van der Waals surface area (Å²) in [6.07, 6.45) is 1.58. The van der Waals surface area contributed by atoms with Crippen LogP contribution in [0.4, 0.5) is 14.9 Å². The van der Waals surface area contributed by atoms with E-state index in [-0.39, 0.29) is 13.1 Å². The Morgan fingerprint density at radius 1 is 1.30 bits per heavy atom. The number of benzene rings is 2. The van der Waals surface area contributed by atoms with Gasteiger partial charge in [-0.2, -0.15) is 0 Å². The van der Waals surface area contributed by atoms with Gasteiger partial charge in [0.1, 0.15) is 24.6 Å². The van der Waals surface area contributed by atoms with Gasteiger partial charge < -0.3 is 9.39 Å². The lowest BCUT2D eigenvalue weighted by molar-refractivity contribution is 0.145. The second-order valence-corrected chi connectivity index (χ2v) is 6.59. The van der Waals surface area contributed by atoms with Crippen LogP contribution in [0.15, 0.2) is 53.8 Å². The van der Waals surface area contributed by atoms with Crippen LogP contribution in [0, 0.1) is 5.82 Å². The molecule has 4 rings (SSSR count). The number of aromatic nitrogens is 4. The van der Waals surface area contributed by atoms with Crippen LogP contribution in [-0.2, 0) is 15.9 Å². The molecule has 0 saturated carbocycles. The number of tetrazole rings is 1. The Labute approximate surface area is 172 Å². The van der Waals surface area contributed by atoms with Crippen molar-refractivity contribution in [2.24, 2.45) is 4.99 Å². The molecule has 2 heterocycles. The van der Waals surface area contributed by atoms with Crippen molar-refractivity contribution in [2.45, 2.75) is 12.6 Å². The van der Waals surface area contributed by atoms with Crippen LogP contribution in [0.25, 0.3) is 11.1 Å². The lowest BCUT2D eigenvalue weighted by atomic mass is 10.0. The Kier molecular flexibility index (Phi) is 5.69. The highest BCUT2D eigenvalue weighted by atomic mass is 19.1. The fourth-order valence-electron chi connectivity index (χ4n) is 3.17. The number of carbonyl (C=O) groups excluding carboxylic acids is 1. The van der Waals surface area contributed by atoms with Crippen molar-refractivity contribution in [1.29, 1.82) is 0 Å². The highest BCUT2D eigenvalue weighted by molar-refractivity contribution is 6.02. The first-order chi connectivity index (χ1) is 14.6. The Morgan fingerprint density at radius 2 is 2.13 bits per heavy atom. The molecular formula is C19H16BFN6O3. The first-order valence-corrected chi connectivity index (χ1v) is 9.05. The van der Waals surface area contributed by atoms with Crippen molar-refractivity contribution >= 4 is 26.2 Å². The standard InChI is InChI=1S/C19H16BFN6O3/c20-29-12-22-8-16-10-27(19(28)30-16)15-5-6-17(18(21)7-15)14-3-1-13(2-4-14)9-26-11-23-24-25-26/h1-7,11-12,16H,8-10H2/t16-/m0/s1. The number of amides is 1. The Hall–Kier alpha value is -3.76. The summed E-state index contributed by atoms with van der Waals surface area (Å²) in [7, 11) is 4.86. The quantitative estimate of drug-likeness (QED) is 0.338. The number of cyclic esters (lactones) is 1. The molecule has 0 spiro atoms. The minimum atomic E-state index is -0.553. The number of anilines is 1. The van der Waals surface area contributed by atoms with Crippen molar-refractivity contribution in [2.75, 3.05) is 18.0 Å². The van der Waals surface area contributed by atoms with Gasteiger partial charge in [0.15, 0.2) is 0 Å². The van der Waals surface area contributed by atoms with Crippen molar-refractivity contribution in [3.8, 4) is 11.1 Å². The summed E-state index contributed by atoms with van der Waals surface area (Å²) < 4.78 is 25.9. The molecule has 1 aliphatic rings. The van der Waals surface area contributed by atoms with Gasteiger partial charge in [-0.1, -0.05) is 24.3 Å². The summed E-state index contributed by atoms with van der Waals surface area (Å²) in [6, 6.07) is 12.1. The number of carbonyl (C=O) groups is 1. The maximum Gasteiger partial charge on any atom is 0.414 e. The van der Waals surface area contributed by atoms with E-state index in [9.17, 15) is 9.18 Å². The van der Waals surface area contributed by atoms with Crippen molar-refractivity contribution in [3.05, 3.63) is 60.2 Å². The highest BCUT2D eigenvalue weighted by Crippen LogP contribution is 2.29. The highest BCUT2D eigenvalue weighted by Gasteiger charge is 2.32. The van der Waals surface area contributed by atoms with Crippen molar-refractivity contribution in [1.82, 2.24) is 20.2 Å². The van der Waals surface area contributed by atoms with E-state index in [1.54, 1.807) is 16.8 Å². The van der Waals surface area contributed by atoms with E-state index in [0.717, 1.165) is 17.5 Å². The normalized spacial score (nSPS) is 16.2. The third kappa shape index (κ3) is 4.29. The molecule has 9 nitrogen and oxygen atoms in total. The first-order valence-electron chi connectivity index (χ1n) is 9.05. The SMILES string of the molecule is [B]OC=NC[C@H]1CN(c2ccc(-c3ccc(Cn4cnnn4)cc3)c(F)c2)C(=O)O1. The van der Waals surface area contributed by atoms with Crippen LogP contribution in [0.3, 0.4) is 0 Å². The van der Waals surface area contributed by atoms with Gasteiger partial charge in [0, 0.05) is 5.56 Å². The van der Waals surface area contributed by atoms with Gasteiger partial charge in [0.2, 0.25) is 0 Å². The minimum absolute atomic E-state index is 0.205. The summed E-state index contributed by atoms with van der Waals surface area (Å²) in [6.45, 7) is 0.983. The Morgan fingerprint density at radius 3 is 2.83 bits per heavy atom. The smallest absolute Gasteiger partial charge is 0.414 e. The second kappa shape index (κ2) is 8.72. The van der Waals surface area contributed by atoms with E-state index < -0.39 is 18.0 Å². The van der Waals surface area contributed by atoms with Crippen LogP contribution in [-0.4, -0.2) is 59.9 Å². The molecule has 1 atom stereocenters. The zero-order chi connectivity index (χ0) is 20.9. The Bertz CT molecular complexity index is 1040. The molecule has 0 bridgehead atoms. The minimum Gasteiger partial charge on any atom is -0.560 e. The molecule has 0 N–H and O–H groups in total. The number of halogens is 1. The predicted molar refractivity (Wildman–Crippen MR) is 107 cm³/mol. The molecule has 30 heavy (non-hydrogen) atoms. The topological polar surface area (TPSA) is 94.7 Å². The molecule has 1 amide bonds. The monoisotopic (exact) mass is 406 g/mol. The number of aliphatic imine (C=N–C) groups is 1. The molecule has 0 unspecified atom stereocenters. The van der Waals surface area contributed by atoms with Crippen LogP contribution in [0.2, 0.25) is 0 Å². The molecule has 150 valence electrons. The molecule has 0 aliphatic carbocycles. The van der Waals surface area contributed by atoms with Gasteiger partial charge in [0.25, 0.3) is 0 Å². The molecule has 1 fully saturated rings. The van der Waals surface area contributed by atoms with Crippen LogP contribution in [0.5, 0.6) is 0 Å². The molecule has 1 aliphatic heterocycles. The number of nitrogens with zero attached hydrogens (tertiary/aromatic N) is 6. The molecular weight excluding hydrogens is 390 g/mol. The first kappa shape index (κ1) is 19.6. The van der Waals surface area contributed by atoms with Gasteiger partial charge in [-0.15, -0.1) is 5.10 Å². The lowest BCUT2D eigenvalue weighted by Crippen LogP contribution is -2.25. The molecule has 11 heteroatoms. The van der Waals surface area contributed by atoms with E-state index >= 15 is 0 Å². The average molecular weight is 406 g/mol. The maximum atomic E-state index is 14.8. The number of hydrogen-bond donors (Lipinski definition) is 0. The largest absolute Gasteiger partial charge is 0.560 e. The summed E-state index contributed by atoms with van der Waals surface area (Å²) in [4.78, 5) is 17.3. The van der Waals surface area contributed by atoms with E-state index in [1.807, 2.05) is 24.3 Å². The second-order valence-electron chi connectivity index (χ2n) is 6.59. The number of ether oxygens (including phenoxy) is 1. The average Bonchev–Trinajstić information content (AvgIpc) is 3.38. The van der Waals surface area contributed by atoms with Crippen LogP contribution < -0.4 is 4.90 Å². The van der Waals surface area contributed by atoms with Crippen LogP contribution in [0.1, 0.15) is 5.56 Å². The Balaban J connectivity index is 1.47. The fraction of sp³-hybridized carbons (Fsp3) is 0.211. The molecule has 1 aromatic heterocycles. The fourth-order valence-corrected chi connectivity index (χ4v) is 3.17. The summed E-state index contributed by atoms with van der Waals surface area (Å²) in [5, 5.41) is 11.0. The zero-order valence-corrected chi connectivity index (χ0v) is 15.8. The zero-order valence-electron chi connectivity index (χ0n) is 15.8. The van der Waals surface area contributed by atoms with Crippen molar-refractivity contribution < 1.29 is 18.6 Å². The van der Waals surface area contributed by atoms with E-state index in [2.05, 4.69) is 25.2 Å². The van der Waals surface area contributed by atoms with Gasteiger partial charge in [0.05, 0.1) is 25.3 Å². The third-order valence-electron chi connectivity index (χ3n) is 4.58. The number of hydrogen-bond acceptors (Lipinski definition) is 7.